The number of rotatable bonds is 5. The highest BCUT2D eigenvalue weighted by Gasteiger charge is 2.22. The summed E-state index contributed by atoms with van der Waals surface area (Å²) < 4.78 is 0. The van der Waals surface area contributed by atoms with E-state index in [0.29, 0.717) is 6.42 Å². The first-order valence-corrected chi connectivity index (χ1v) is 6.15. The molecule has 1 saturated heterocycles. The number of amides is 1. The number of carbonyl (C=O) groups is 1. The van der Waals surface area contributed by atoms with E-state index in [1.54, 1.807) is 11.8 Å². The molecule has 3 nitrogen and oxygen atoms in total. The topological polar surface area (TPSA) is 52.9 Å². The summed E-state index contributed by atoms with van der Waals surface area (Å²) >= 11 is 1.75. The van der Waals surface area contributed by atoms with Crippen LogP contribution in [0.3, 0.4) is 0 Å². The van der Waals surface area contributed by atoms with Crippen LogP contribution in [0.15, 0.2) is 0 Å². The fourth-order valence-electron chi connectivity index (χ4n) is 1.44. The minimum Gasteiger partial charge on any atom is -0.355 e. The maximum absolute atomic E-state index is 11.5. The lowest BCUT2D eigenvalue weighted by Crippen LogP contribution is -2.31. The van der Waals surface area contributed by atoms with Gasteiger partial charge in [-0.3, -0.25) is 4.79 Å². The summed E-state index contributed by atoms with van der Waals surface area (Å²) in [5.74, 6) is 1.30. The molecule has 78 valence electrons. The Labute approximate surface area is 89.2 Å². The molecule has 0 bridgehead atoms. The molecule has 0 aromatic heterocycles. The summed E-state index contributed by atoms with van der Waals surface area (Å²) in [4.78, 5) is 11.5. The van der Waals surface area contributed by atoms with E-state index < -0.39 is 0 Å². The van der Waals surface area contributed by atoms with Gasteiger partial charge >= 0.3 is 0 Å². The van der Waals surface area contributed by atoms with E-state index in [-0.39, 0.29) is 11.2 Å². The molecule has 0 aliphatic carbocycles. The standard InChI is InChI=1S/C10H16N2OS/c11-6-2-1-3-7-12-10(13)9-5-4-8-14-9/h9H,1-5,7-8H2,(H,12,13). The number of nitriles is 1. The quantitative estimate of drug-likeness (QED) is 0.706. The van der Waals surface area contributed by atoms with E-state index >= 15 is 0 Å². The van der Waals surface area contributed by atoms with Crippen LogP contribution in [0.5, 0.6) is 0 Å². The molecule has 1 amide bonds. The van der Waals surface area contributed by atoms with Crippen molar-refractivity contribution in [3.63, 3.8) is 0 Å². The van der Waals surface area contributed by atoms with Gasteiger partial charge in [0.15, 0.2) is 0 Å². The minimum atomic E-state index is 0.185. The second-order valence-electron chi connectivity index (χ2n) is 3.41. The van der Waals surface area contributed by atoms with Gasteiger partial charge in [-0.25, -0.2) is 0 Å². The third-order valence-corrected chi connectivity index (χ3v) is 3.61. The highest BCUT2D eigenvalue weighted by atomic mass is 32.2. The smallest absolute Gasteiger partial charge is 0.233 e. The van der Waals surface area contributed by atoms with Gasteiger partial charge in [0, 0.05) is 13.0 Å². The molecule has 1 fully saturated rings. The van der Waals surface area contributed by atoms with Crippen molar-refractivity contribution in [2.45, 2.75) is 37.4 Å². The lowest BCUT2D eigenvalue weighted by atomic mass is 10.2. The summed E-state index contributed by atoms with van der Waals surface area (Å²) in [6.45, 7) is 0.720. The second-order valence-corrected chi connectivity index (χ2v) is 4.72. The third kappa shape index (κ3) is 4.01. The zero-order valence-electron chi connectivity index (χ0n) is 8.29. The molecule has 1 N–H and O–H groups in total. The zero-order chi connectivity index (χ0) is 10.2. The maximum atomic E-state index is 11.5. The van der Waals surface area contributed by atoms with Crippen LogP contribution >= 0.6 is 11.8 Å². The van der Waals surface area contributed by atoms with Crippen LogP contribution in [0.25, 0.3) is 0 Å². The molecular weight excluding hydrogens is 196 g/mol. The SMILES string of the molecule is N#CCCCCNC(=O)C1CCCS1. The van der Waals surface area contributed by atoms with Crippen molar-refractivity contribution in [3.05, 3.63) is 0 Å². The molecule has 0 saturated carbocycles. The monoisotopic (exact) mass is 212 g/mol. The highest BCUT2D eigenvalue weighted by Crippen LogP contribution is 2.25. The van der Waals surface area contributed by atoms with E-state index in [9.17, 15) is 4.79 Å². The average Bonchev–Trinajstić information content (AvgIpc) is 2.70. The Morgan fingerprint density at radius 3 is 3.07 bits per heavy atom. The molecule has 0 aromatic carbocycles. The molecule has 0 radical (unpaired) electrons. The van der Waals surface area contributed by atoms with Crippen molar-refractivity contribution >= 4 is 17.7 Å². The van der Waals surface area contributed by atoms with Gasteiger partial charge in [0.1, 0.15) is 0 Å². The lowest BCUT2D eigenvalue weighted by molar-refractivity contribution is -0.120. The normalized spacial score (nSPS) is 20.4. The molecular formula is C10H16N2OS. The van der Waals surface area contributed by atoms with E-state index in [0.717, 1.165) is 38.0 Å². The van der Waals surface area contributed by atoms with Gasteiger partial charge in [-0.1, -0.05) is 0 Å². The van der Waals surface area contributed by atoms with E-state index in [2.05, 4.69) is 11.4 Å². The second kappa shape index (κ2) is 6.72. The van der Waals surface area contributed by atoms with Crippen LogP contribution < -0.4 is 5.32 Å². The minimum absolute atomic E-state index is 0.185. The van der Waals surface area contributed by atoms with Crippen molar-refractivity contribution in [1.29, 1.82) is 5.26 Å². The number of carbonyl (C=O) groups excluding carboxylic acids is 1. The van der Waals surface area contributed by atoms with Crippen molar-refractivity contribution in [2.75, 3.05) is 12.3 Å². The predicted octanol–water partition coefficient (Wildman–Crippen LogP) is 1.69. The predicted molar refractivity (Wildman–Crippen MR) is 58.0 cm³/mol. The summed E-state index contributed by atoms with van der Waals surface area (Å²) in [7, 11) is 0. The Morgan fingerprint density at radius 2 is 2.43 bits per heavy atom. The van der Waals surface area contributed by atoms with Crippen molar-refractivity contribution in [3.8, 4) is 6.07 Å². The number of hydrogen-bond acceptors (Lipinski definition) is 3. The van der Waals surface area contributed by atoms with Crippen molar-refractivity contribution < 1.29 is 4.79 Å². The van der Waals surface area contributed by atoms with Crippen LogP contribution in [0.4, 0.5) is 0 Å². The molecule has 4 heteroatoms. The summed E-state index contributed by atoms with van der Waals surface area (Å²) in [6, 6.07) is 2.09. The fraction of sp³-hybridized carbons (Fsp3) is 0.800. The average molecular weight is 212 g/mol. The molecule has 1 heterocycles. The highest BCUT2D eigenvalue weighted by molar-refractivity contribution is 8.00. The van der Waals surface area contributed by atoms with Gasteiger partial charge < -0.3 is 5.32 Å². The van der Waals surface area contributed by atoms with Gasteiger partial charge in [-0.05, 0) is 31.4 Å². The molecule has 1 aliphatic heterocycles. The maximum Gasteiger partial charge on any atom is 0.233 e. The summed E-state index contributed by atoms with van der Waals surface area (Å²) in [5, 5.41) is 11.4. The Balaban J connectivity index is 2.00. The Morgan fingerprint density at radius 1 is 1.57 bits per heavy atom. The number of nitrogens with zero attached hydrogens (tertiary/aromatic N) is 1. The van der Waals surface area contributed by atoms with E-state index in [4.69, 9.17) is 5.26 Å². The van der Waals surface area contributed by atoms with Gasteiger partial charge in [0.25, 0.3) is 0 Å². The van der Waals surface area contributed by atoms with Crippen LogP contribution in [0.1, 0.15) is 32.1 Å². The Bertz CT molecular complexity index is 219. The first-order valence-electron chi connectivity index (χ1n) is 5.11. The molecule has 1 atom stereocenters. The van der Waals surface area contributed by atoms with Crippen LogP contribution in [0, 0.1) is 11.3 Å². The zero-order valence-corrected chi connectivity index (χ0v) is 9.11. The van der Waals surface area contributed by atoms with Crippen LogP contribution in [-0.4, -0.2) is 23.5 Å². The molecule has 1 aliphatic rings. The molecule has 14 heavy (non-hydrogen) atoms. The first-order chi connectivity index (χ1) is 6.84. The van der Waals surface area contributed by atoms with Gasteiger partial charge in [0.2, 0.25) is 5.91 Å². The van der Waals surface area contributed by atoms with E-state index in [1.165, 1.54) is 0 Å². The van der Waals surface area contributed by atoms with Gasteiger partial charge in [-0.15, -0.1) is 11.8 Å². The molecule has 0 aromatic rings. The van der Waals surface area contributed by atoms with E-state index in [1.807, 2.05) is 0 Å². The van der Waals surface area contributed by atoms with Crippen LogP contribution in [0.2, 0.25) is 0 Å². The summed E-state index contributed by atoms with van der Waals surface area (Å²) in [6.07, 6.45) is 4.57. The molecule has 0 spiro atoms. The van der Waals surface area contributed by atoms with Crippen molar-refractivity contribution in [2.24, 2.45) is 0 Å². The van der Waals surface area contributed by atoms with Crippen LogP contribution in [-0.2, 0) is 4.79 Å². The number of unbranched alkanes of at least 4 members (excludes halogenated alkanes) is 2. The number of nitrogens with one attached hydrogen (secondary N) is 1. The van der Waals surface area contributed by atoms with Gasteiger partial charge in [-0.2, -0.15) is 5.26 Å². The third-order valence-electron chi connectivity index (χ3n) is 2.24. The fourth-order valence-corrected chi connectivity index (χ4v) is 2.62. The first kappa shape index (κ1) is 11.4. The molecule has 1 unspecified atom stereocenters. The Kier molecular flexibility index (Phi) is 5.46. The van der Waals surface area contributed by atoms with Crippen molar-refractivity contribution in [1.82, 2.24) is 5.32 Å². The van der Waals surface area contributed by atoms with Gasteiger partial charge in [0.05, 0.1) is 11.3 Å². The molecule has 1 rings (SSSR count). The number of thioether (sulfide) groups is 1. The Hall–Kier alpha value is -0.690. The number of hydrogen-bond donors (Lipinski definition) is 1. The lowest BCUT2D eigenvalue weighted by Gasteiger charge is -2.08. The summed E-state index contributed by atoms with van der Waals surface area (Å²) in [5.41, 5.74) is 0. The largest absolute Gasteiger partial charge is 0.355 e.